The number of halogens is 3. The third kappa shape index (κ3) is 3.78. The van der Waals surface area contributed by atoms with Crippen LogP contribution in [0.5, 0.6) is 5.75 Å². The van der Waals surface area contributed by atoms with E-state index in [1.54, 1.807) is 12.1 Å². The van der Waals surface area contributed by atoms with Crippen LogP contribution < -0.4 is 10.5 Å². The molecule has 1 atom stereocenters. The fraction of sp³-hybridized carbons (Fsp3) is 0.143. The molecule has 0 aliphatic heterocycles. The molecule has 2 N–H and O–H groups in total. The highest BCUT2D eigenvalue weighted by Crippen LogP contribution is 2.26. The molecule has 0 aliphatic carbocycles. The van der Waals surface area contributed by atoms with E-state index < -0.39 is 0 Å². The standard InChI is InChI=1S/C14H12Br2FNO/c15-10-3-1-9(2-4-10)14(8-18)19-11-5-6-13(17)12(16)7-11/h1-7,14H,8,18H2. The fourth-order valence-electron chi connectivity index (χ4n) is 1.64. The normalized spacial score (nSPS) is 12.2. The van der Waals surface area contributed by atoms with Crippen LogP contribution in [0.25, 0.3) is 0 Å². The van der Waals surface area contributed by atoms with Crippen molar-refractivity contribution in [3.05, 3.63) is 62.8 Å². The summed E-state index contributed by atoms with van der Waals surface area (Å²) in [5, 5.41) is 0. The van der Waals surface area contributed by atoms with E-state index in [1.807, 2.05) is 24.3 Å². The van der Waals surface area contributed by atoms with Gasteiger partial charge in [-0.25, -0.2) is 4.39 Å². The summed E-state index contributed by atoms with van der Waals surface area (Å²) in [6, 6.07) is 12.3. The lowest BCUT2D eigenvalue weighted by Gasteiger charge is -2.18. The molecule has 2 rings (SSSR count). The Kier molecular flexibility index (Phi) is 4.96. The summed E-state index contributed by atoms with van der Waals surface area (Å²) in [5.41, 5.74) is 6.71. The second-order valence-electron chi connectivity index (χ2n) is 3.97. The van der Waals surface area contributed by atoms with E-state index in [2.05, 4.69) is 31.9 Å². The van der Waals surface area contributed by atoms with Gasteiger partial charge in [-0.05, 0) is 51.8 Å². The zero-order valence-electron chi connectivity index (χ0n) is 9.95. The first kappa shape index (κ1) is 14.5. The van der Waals surface area contributed by atoms with Gasteiger partial charge >= 0.3 is 0 Å². The molecule has 100 valence electrons. The van der Waals surface area contributed by atoms with Crippen molar-refractivity contribution < 1.29 is 9.13 Å². The molecule has 0 aliphatic rings. The molecule has 2 aromatic rings. The highest BCUT2D eigenvalue weighted by Gasteiger charge is 2.12. The summed E-state index contributed by atoms with van der Waals surface area (Å²) in [5.74, 6) is 0.256. The van der Waals surface area contributed by atoms with E-state index in [1.165, 1.54) is 6.07 Å². The molecule has 0 heterocycles. The van der Waals surface area contributed by atoms with E-state index >= 15 is 0 Å². The lowest BCUT2D eigenvalue weighted by Crippen LogP contribution is -2.18. The first-order valence-corrected chi connectivity index (χ1v) is 7.26. The van der Waals surface area contributed by atoms with Crippen LogP contribution in [-0.4, -0.2) is 6.54 Å². The van der Waals surface area contributed by atoms with E-state index in [0.29, 0.717) is 16.8 Å². The Labute approximate surface area is 128 Å². The molecule has 2 aromatic carbocycles. The summed E-state index contributed by atoms with van der Waals surface area (Å²) in [7, 11) is 0. The summed E-state index contributed by atoms with van der Waals surface area (Å²) in [6.07, 6.45) is -0.259. The van der Waals surface area contributed by atoms with Crippen LogP contribution >= 0.6 is 31.9 Å². The number of hydrogen-bond acceptors (Lipinski definition) is 2. The van der Waals surface area contributed by atoms with Crippen molar-refractivity contribution in [2.45, 2.75) is 6.10 Å². The molecule has 0 amide bonds. The number of nitrogens with two attached hydrogens (primary N) is 1. The minimum atomic E-state index is -0.319. The van der Waals surface area contributed by atoms with Crippen molar-refractivity contribution in [3.8, 4) is 5.75 Å². The highest BCUT2D eigenvalue weighted by molar-refractivity contribution is 9.10. The van der Waals surface area contributed by atoms with E-state index in [0.717, 1.165) is 10.0 Å². The van der Waals surface area contributed by atoms with Gasteiger partial charge in [-0.1, -0.05) is 28.1 Å². The largest absolute Gasteiger partial charge is 0.484 e. The summed E-state index contributed by atoms with van der Waals surface area (Å²) in [6.45, 7) is 0.344. The van der Waals surface area contributed by atoms with Gasteiger partial charge in [0.25, 0.3) is 0 Å². The van der Waals surface area contributed by atoms with Crippen LogP contribution in [0.3, 0.4) is 0 Å². The summed E-state index contributed by atoms with van der Waals surface area (Å²) >= 11 is 6.51. The van der Waals surface area contributed by atoms with Gasteiger partial charge in [-0.3, -0.25) is 0 Å². The molecule has 0 fully saturated rings. The van der Waals surface area contributed by atoms with Gasteiger partial charge in [0.2, 0.25) is 0 Å². The maximum Gasteiger partial charge on any atom is 0.137 e. The molecule has 0 aromatic heterocycles. The average Bonchev–Trinajstić information content (AvgIpc) is 2.41. The van der Waals surface area contributed by atoms with Crippen LogP contribution in [0.2, 0.25) is 0 Å². The second-order valence-corrected chi connectivity index (χ2v) is 5.74. The van der Waals surface area contributed by atoms with Gasteiger partial charge in [-0.15, -0.1) is 0 Å². The van der Waals surface area contributed by atoms with Gasteiger partial charge < -0.3 is 10.5 Å². The predicted octanol–water partition coefficient (Wildman–Crippen LogP) is 4.43. The van der Waals surface area contributed by atoms with Crippen molar-refractivity contribution in [2.75, 3.05) is 6.54 Å². The van der Waals surface area contributed by atoms with Crippen LogP contribution in [-0.2, 0) is 0 Å². The molecule has 0 saturated heterocycles. The van der Waals surface area contributed by atoms with Gasteiger partial charge in [0.15, 0.2) is 0 Å². The van der Waals surface area contributed by atoms with Gasteiger partial charge in [0.1, 0.15) is 17.7 Å². The quantitative estimate of drug-likeness (QED) is 0.840. The van der Waals surface area contributed by atoms with Crippen molar-refractivity contribution in [3.63, 3.8) is 0 Å². The Morgan fingerprint density at radius 2 is 1.79 bits per heavy atom. The Morgan fingerprint density at radius 3 is 2.37 bits per heavy atom. The smallest absolute Gasteiger partial charge is 0.137 e. The monoisotopic (exact) mass is 387 g/mol. The topological polar surface area (TPSA) is 35.2 Å². The zero-order valence-corrected chi connectivity index (χ0v) is 13.1. The second kappa shape index (κ2) is 6.50. The summed E-state index contributed by atoms with van der Waals surface area (Å²) < 4.78 is 20.3. The van der Waals surface area contributed by atoms with E-state index in [4.69, 9.17) is 10.5 Å². The lowest BCUT2D eigenvalue weighted by molar-refractivity contribution is 0.214. The van der Waals surface area contributed by atoms with Crippen molar-refractivity contribution in [2.24, 2.45) is 5.73 Å². The third-order valence-corrected chi connectivity index (χ3v) is 3.76. The Balaban J connectivity index is 2.18. The maximum atomic E-state index is 13.2. The molecular weight excluding hydrogens is 377 g/mol. The number of ether oxygens (including phenoxy) is 1. The van der Waals surface area contributed by atoms with Crippen LogP contribution in [0.1, 0.15) is 11.7 Å². The molecule has 0 spiro atoms. The van der Waals surface area contributed by atoms with Gasteiger partial charge in [0.05, 0.1) is 4.47 Å². The van der Waals surface area contributed by atoms with Gasteiger partial charge in [0, 0.05) is 11.0 Å². The minimum absolute atomic E-state index is 0.259. The first-order valence-electron chi connectivity index (χ1n) is 5.67. The van der Waals surface area contributed by atoms with Crippen molar-refractivity contribution in [1.82, 2.24) is 0 Å². The van der Waals surface area contributed by atoms with Crippen molar-refractivity contribution in [1.29, 1.82) is 0 Å². The van der Waals surface area contributed by atoms with Gasteiger partial charge in [-0.2, -0.15) is 0 Å². The molecule has 2 nitrogen and oxygen atoms in total. The highest BCUT2D eigenvalue weighted by atomic mass is 79.9. The first-order chi connectivity index (χ1) is 9.10. The molecular formula is C14H12Br2FNO. The number of rotatable bonds is 4. The van der Waals surface area contributed by atoms with Crippen molar-refractivity contribution >= 4 is 31.9 Å². The number of benzene rings is 2. The molecule has 19 heavy (non-hydrogen) atoms. The molecule has 0 bridgehead atoms. The maximum absolute atomic E-state index is 13.2. The Morgan fingerprint density at radius 1 is 1.11 bits per heavy atom. The minimum Gasteiger partial charge on any atom is -0.484 e. The van der Waals surface area contributed by atoms with Crippen LogP contribution in [0.4, 0.5) is 4.39 Å². The molecule has 5 heteroatoms. The third-order valence-electron chi connectivity index (χ3n) is 2.63. The van der Waals surface area contributed by atoms with Crippen LogP contribution in [0, 0.1) is 5.82 Å². The SMILES string of the molecule is NCC(Oc1ccc(F)c(Br)c1)c1ccc(Br)cc1. The van der Waals surface area contributed by atoms with E-state index in [9.17, 15) is 4.39 Å². The average molecular weight is 389 g/mol. The van der Waals surface area contributed by atoms with E-state index in [-0.39, 0.29) is 11.9 Å². The predicted molar refractivity (Wildman–Crippen MR) is 80.7 cm³/mol. The molecule has 0 radical (unpaired) electrons. The lowest BCUT2D eigenvalue weighted by atomic mass is 10.1. The zero-order chi connectivity index (χ0) is 13.8. The number of hydrogen-bond donors (Lipinski definition) is 1. The Hall–Kier alpha value is -0.910. The summed E-state index contributed by atoms with van der Waals surface area (Å²) in [4.78, 5) is 0. The Bertz CT molecular complexity index is 560. The fourth-order valence-corrected chi connectivity index (χ4v) is 2.27. The molecule has 0 saturated carbocycles. The molecule has 1 unspecified atom stereocenters. The van der Waals surface area contributed by atoms with Crippen LogP contribution in [0.15, 0.2) is 51.4 Å².